The third-order valence-corrected chi connectivity index (χ3v) is 33.7. The maximum atomic E-state index is 14.8. The van der Waals surface area contributed by atoms with Crippen molar-refractivity contribution in [2.24, 2.45) is 0 Å². The predicted molar refractivity (Wildman–Crippen MR) is 508 cm³/mol. The largest absolute Gasteiger partial charge is 0.472 e. The minimum atomic E-state index is -5.45. The molecule has 143 heavy (non-hydrogen) atoms. The summed E-state index contributed by atoms with van der Waals surface area (Å²) in [5.74, 6) is -0.148. The minimum Gasteiger partial charge on any atom is -0.383 e. The second-order valence-electron chi connectivity index (χ2n) is 33.7. The van der Waals surface area contributed by atoms with Crippen LogP contribution in [0.25, 0.3) is 11.2 Å². The van der Waals surface area contributed by atoms with E-state index in [1.165, 1.54) is 68.7 Å². The number of aromatic amines is 4. The Balaban J connectivity index is 0.635. The van der Waals surface area contributed by atoms with Crippen molar-refractivity contribution in [1.82, 2.24) is 76.8 Å². The quantitative estimate of drug-likeness (QED) is 0.0188. The molecule has 786 valence electrons. The van der Waals surface area contributed by atoms with Gasteiger partial charge in [-0.05, 0) is 95.2 Å². The topological polar surface area (TPSA) is 777 Å². The van der Waals surface area contributed by atoms with E-state index in [0.717, 1.165) is 54.9 Å². The Morgan fingerprint density at radius 2 is 0.643 bits per heavy atom. The number of fused-ring (bicyclic) bond motifs is 1. The first kappa shape index (κ1) is 110. The molecule has 7 fully saturated rings. The lowest BCUT2D eigenvalue weighted by molar-refractivity contribution is -0.0594. The van der Waals surface area contributed by atoms with Gasteiger partial charge in [-0.1, -0.05) is 19.2 Å². The molecule has 0 saturated carbocycles. The van der Waals surface area contributed by atoms with E-state index >= 15 is 0 Å². The van der Waals surface area contributed by atoms with Crippen LogP contribution in [0.5, 0.6) is 0 Å². The van der Waals surface area contributed by atoms with Gasteiger partial charge in [0.05, 0.1) is 76.5 Å². The van der Waals surface area contributed by atoms with E-state index in [9.17, 15) is 91.0 Å². The number of H-pyrrole nitrogens is 4. The van der Waals surface area contributed by atoms with Gasteiger partial charge in [0, 0.05) is 123 Å². The zero-order valence-corrected chi connectivity index (χ0v) is 86.4. The van der Waals surface area contributed by atoms with E-state index in [4.69, 9.17) is 156 Å². The molecule has 7 aliphatic rings. The molecule has 16 N–H and O–H groups in total. The molecule has 14 unspecified atom stereocenters. The molecular formula is C72H98N19O40P7S5. The first-order valence-electron chi connectivity index (χ1n) is 43.1. The summed E-state index contributed by atoms with van der Waals surface area (Å²) in [6.07, 6.45) is -21.5. The first-order valence-corrected chi connectivity index (χ1v) is 59.1. The van der Waals surface area contributed by atoms with Crippen molar-refractivity contribution >= 4 is 137 Å². The summed E-state index contributed by atoms with van der Waals surface area (Å²) in [6.45, 7) is -18.2. The van der Waals surface area contributed by atoms with Gasteiger partial charge in [-0.2, -0.15) is 9.97 Å². The number of aryl methyl sites for hydroxylation is 6. The molecular weight excluding hydrogens is 2150 g/mol. The molecule has 59 nitrogen and oxygen atoms in total. The van der Waals surface area contributed by atoms with Crippen molar-refractivity contribution in [2.75, 3.05) is 64.0 Å². The second kappa shape index (κ2) is 44.3. The number of phosphoric acid groups is 2. The molecule has 15 rings (SSSR count). The molecule has 0 spiro atoms. The van der Waals surface area contributed by atoms with Crippen LogP contribution in [0, 0.1) is 41.5 Å². The van der Waals surface area contributed by atoms with Crippen LogP contribution in [-0.4, -0.2) is 238 Å². The number of hydrogen-bond donors (Lipinski definition) is 14. The Morgan fingerprint density at radius 3 is 0.972 bits per heavy atom. The number of thiol groups is 1. The van der Waals surface area contributed by atoms with Crippen LogP contribution < -0.4 is 73.6 Å². The first-order chi connectivity index (χ1) is 67.1. The maximum Gasteiger partial charge on any atom is 0.472 e. The lowest BCUT2D eigenvalue weighted by Crippen LogP contribution is -2.33. The Morgan fingerprint density at radius 1 is 0.371 bits per heavy atom. The summed E-state index contributed by atoms with van der Waals surface area (Å²) in [7, 11) is -9.43. The Hall–Kier alpha value is -7.01. The number of ether oxygens (including phenoxy) is 7. The number of phosphoric ester groups is 2. The van der Waals surface area contributed by atoms with Crippen molar-refractivity contribution in [2.45, 2.75) is 229 Å². The average Bonchev–Trinajstić information content (AvgIpc) is 1.62. The monoisotopic (exact) mass is 2250 g/mol. The van der Waals surface area contributed by atoms with Gasteiger partial charge >= 0.3 is 83.5 Å². The van der Waals surface area contributed by atoms with Gasteiger partial charge in [0.25, 0.3) is 22.2 Å². The van der Waals surface area contributed by atoms with Crippen LogP contribution in [0.3, 0.4) is 0 Å². The number of nitrogen functional groups attached to an aromatic ring is 3. The molecule has 7 aliphatic heterocycles. The lowest BCUT2D eigenvalue weighted by Gasteiger charge is -2.28. The van der Waals surface area contributed by atoms with Gasteiger partial charge in [0.1, 0.15) is 122 Å². The highest BCUT2D eigenvalue weighted by Gasteiger charge is 2.52. The zero-order chi connectivity index (χ0) is 104. The fourth-order valence-corrected chi connectivity index (χ4v) is 25.4. The SMILES string of the molecule is CC[C@H]1O[C@@H](n2cc(C)c(N)nc2=O)CC1OP(O)(=S)OC[C@H]1O[C@@H](n2cc(C)c(=O)[nH]c2=O)CC1OP(=O)(S)OC[C@H]1O[C@@H](n2cc(C)c(=O)[nH]c2=O)CC1OP(O)(=S)OC[C@H]1O[C@@H](n2cc(C)c(=O)[nH]c2=O)CC1OP(O)(=S)OC[C@H]1O[C@@H](n2cnc3c(N)ncnc32)CC1OP(O)(=S)OC[C@H]1O[C@@H](n2cc(C)c(=O)[nH]c2=O)CC1OP(=O)(O)OC[C@H]1O[C@@H](n2cc(C)c(N)nc2=O)CC1OP(=O)(O)OC. The number of nitrogens with one attached hydrogen (secondary N) is 4. The van der Waals surface area contributed by atoms with Crippen molar-refractivity contribution in [3.63, 3.8) is 0 Å². The molecule has 0 radical (unpaired) electrons. The Labute approximate surface area is 829 Å². The standard InChI is InChI=1S/C72H98N19O40P7S5/c1-9-37-38(10-51(118-37)85-17-31(2)59(73)79-67(85)96)127-134(106,139)114-25-47-41(13-54(121-47)88-20-34(5)64(93)82-70(88)99)128-136(108,141)115-26-48-42(14-55(122-48)89-21-35(6)65(94)83-71(89)100)129-137(109,142)116-27-49-43(15-56(123-49)90-22-36(7)66(95)84-72(90)101)130-138(110,143)117-28-50-44(16-57(124-50)91-30-78-58-61(75)76-29-77-62(58)91)131-135(107,140)113-24-46-40(12-53(120-46)87-19-33(4)63(92)81-69(87)98)126-133(104,105)112-23-45-39(125-132(102,103)111-8)11-52(119-45)86-18-32(3)60(74)80-68(86)97/h17-22,29-30,37-57H,9-16,23-28H2,1-8H3,(H,102,103)(H,104,105)(H,106,139)(H,107,140)(H,108,141)(H,109,142)(H,110,143)(H2,73,79,96)(H2,74,80,97)(H2,75,76,77)(H,81,92,98)(H,82,93,99)(H,83,94,100)(H,84,95,101)/t37-,38?,39?,40?,41?,42?,43?,44?,45-,46-,47-,48-,49-,50-,51-,52-,53-,54-,55-,56-,57-,134?,135?,136?,137?,138?/m1/s1. The number of anilines is 3. The molecule has 8 aromatic heterocycles. The van der Waals surface area contributed by atoms with Gasteiger partial charge in [0.2, 0.25) is 0 Å². The minimum absolute atomic E-state index is 0.00867. The number of nitrogens with two attached hydrogens (primary N) is 3. The molecule has 0 bridgehead atoms. The summed E-state index contributed by atoms with van der Waals surface area (Å²) in [5.41, 5.74) is 10.4. The second-order valence-corrected chi connectivity index (χ2v) is 50.7. The molecule has 8 aromatic rings. The maximum absolute atomic E-state index is 14.8. The summed E-state index contributed by atoms with van der Waals surface area (Å²) in [6, 6.07) is 0. The zero-order valence-electron chi connectivity index (χ0n) is 76.0. The number of hydrogen-bond acceptors (Lipinski definition) is 46. The fourth-order valence-electron chi connectivity index (χ4n) is 16.4. The predicted octanol–water partition coefficient (Wildman–Crippen LogP) is 1.11. The molecule has 0 aliphatic carbocycles. The van der Waals surface area contributed by atoms with Crippen LogP contribution in [-0.2, 0) is 157 Å². The molecule has 0 aromatic carbocycles. The van der Waals surface area contributed by atoms with E-state index < -0.39 is 294 Å². The van der Waals surface area contributed by atoms with E-state index in [1.54, 1.807) is 13.8 Å². The lowest BCUT2D eigenvalue weighted by atomic mass is 10.1. The summed E-state index contributed by atoms with van der Waals surface area (Å²) < 4.78 is 174. The van der Waals surface area contributed by atoms with E-state index in [2.05, 4.69) is 61.6 Å². The number of rotatable bonds is 41. The summed E-state index contributed by atoms with van der Waals surface area (Å²) in [4.78, 5) is 229. The molecule has 0 amide bonds. The molecule has 7 saturated heterocycles. The van der Waals surface area contributed by atoms with E-state index in [1.807, 2.05) is 0 Å². The van der Waals surface area contributed by atoms with Gasteiger partial charge in [-0.25, -0.2) is 57.4 Å². The molecule has 28 atom stereocenters. The number of nitrogens with zero attached hydrogens (tertiary/aromatic N) is 12. The van der Waals surface area contributed by atoms with E-state index in [-0.39, 0.29) is 76.6 Å². The average molecular weight is 2250 g/mol. The van der Waals surface area contributed by atoms with Crippen LogP contribution in [0.15, 0.2) is 97.8 Å². The normalized spacial score (nSPS) is 29.7. The highest BCUT2D eigenvalue weighted by molar-refractivity contribution is 8.44. The Kier molecular flexibility index (Phi) is 34.1. The Bertz CT molecular complexity index is 7170. The van der Waals surface area contributed by atoms with Crippen LogP contribution in [0.4, 0.5) is 17.5 Å². The number of aromatic nitrogens is 16. The highest BCUT2D eigenvalue weighted by Crippen LogP contribution is 2.60. The van der Waals surface area contributed by atoms with E-state index in [0.29, 0.717) is 17.5 Å². The number of imidazole rings is 1. The van der Waals surface area contributed by atoms with Gasteiger partial charge in [-0.3, -0.25) is 98.2 Å². The fraction of sp³-hybridized carbons (Fsp3) is 0.597. The van der Waals surface area contributed by atoms with Crippen molar-refractivity contribution in [3.05, 3.63) is 188 Å². The van der Waals surface area contributed by atoms with Crippen molar-refractivity contribution < 1.29 is 140 Å². The van der Waals surface area contributed by atoms with Gasteiger partial charge in [0.15, 0.2) is 11.5 Å². The van der Waals surface area contributed by atoms with Gasteiger partial charge in [-0.15, -0.1) is 0 Å². The molecule has 71 heteroatoms. The smallest absolute Gasteiger partial charge is 0.383 e. The highest BCUT2D eigenvalue weighted by atomic mass is 32.7. The molecule has 15 heterocycles. The third kappa shape index (κ3) is 26.5. The van der Waals surface area contributed by atoms with Crippen LogP contribution >= 0.6 is 61.6 Å². The van der Waals surface area contributed by atoms with Crippen LogP contribution in [0.1, 0.15) is 135 Å². The summed E-state index contributed by atoms with van der Waals surface area (Å²) in [5, 5.41) is 0. The van der Waals surface area contributed by atoms with Gasteiger partial charge < -0.3 is 116 Å². The van der Waals surface area contributed by atoms with Crippen molar-refractivity contribution in [3.8, 4) is 0 Å². The van der Waals surface area contributed by atoms with Crippen LogP contribution in [0.2, 0.25) is 0 Å². The summed E-state index contributed by atoms with van der Waals surface area (Å²) >= 11 is 26.7. The third-order valence-electron chi connectivity index (χ3n) is 23.7. The van der Waals surface area contributed by atoms with Crippen molar-refractivity contribution in [1.29, 1.82) is 0 Å².